The summed E-state index contributed by atoms with van der Waals surface area (Å²) < 4.78 is 28.0. The number of nitrogens with zero attached hydrogens (tertiary/aromatic N) is 1. The van der Waals surface area contributed by atoms with Crippen molar-refractivity contribution in [2.45, 2.75) is 76.9 Å². The van der Waals surface area contributed by atoms with Crippen molar-refractivity contribution in [1.29, 1.82) is 0 Å². The summed E-state index contributed by atoms with van der Waals surface area (Å²) in [6, 6.07) is 11.9. The van der Waals surface area contributed by atoms with Gasteiger partial charge in [-0.1, -0.05) is 37.9 Å². The first-order valence-corrected chi connectivity index (χ1v) is 17.1. The maximum Gasteiger partial charge on any atom is 0.263 e. The molecule has 0 aromatic heterocycles. The second kappa shape index (κ2) is 13.9. The molecule has 2 aromatic rings. The quantitative estimate of drug-likeness (QED) is 0.364. The molecule has 6 atom stereocenters. The zero-order valence-corrected chi connectivity index (χ0v) is 26.9. The van der Waals surface area contributed by atoms with Crippen LogP contribution in [0.4, 0.5) is 5.69 Å². The molecule has 0 radical (unpaired) electrons. The Morgan fingerprint density at radius 2 is 1.98 bits per heavy atom. The molecule has 3 aliphatic rings. The number of halogens is 1. The number of anilines is 1. The molecule has 1 amide bonds. The number of hydrogen-bond acceptors (Lipinski definition) is 5. The molecule has 2 aliphatic heterocycles. The Morgan fingerprint density at radius 1 is 1.14 bits per heavy atom. The Hall–Kier alpha value is -2.51. The molecule has 1 fully saturated rings. The summed E-state index contributed by atoms with van der Waals surface area (Å²) in [4.78, 5) is 15.8. The van der Waals surface area contributed by atoms with E-state index in [1.165, 1.54) is 16.7 Å². The van der Waals surface area contributed by atoms with E-state index in [9.17, 15) is 9.00 Å². The van der Waals surface area contributed by atoms with Crippen molar-refractivity contribution in [3.8, 4) is 5.75 Å². The Kier molecular flexibility index (Phi) is 10.2. The number of methoxy groups -OCH3 is 1. The zero-order valence-electron chi connectivity index (χ0n) is 25.4. The van der Waals surface area contributed by atoms with E-state index in [1.807, 2.05) is 31.4 Å². The third kappa shape index (κ3) is 6.83. The van der Waals surface area contributed by atoms with Crippen LogP contribution in [0.1, 0.15) is 86.7 Å². The van der Waals surface area contributed by atoms with E-state index in [1.54, 1.807) is 13.2 Å². The average Bonchev–Trinajstić information content (AvgIpc) is 3.13. The Morgan fingerprint density at radius 3 is 2.71 bits per heavy atom. The number of rotatable bonds is 4. The van der Waals surface area contributed by atoms with Gasteiger partial charge in [0.05, 0.1) is 30.9 Å². The molecule has 1 aliphatic carbocycles. The van der Waals surface area contributed by atoms with Gasteiger partial charge in [0.2, 0.25) is 0 Å². The van der Waals surface area contributed by atoms with Crippen molar-refractivity contribution in [2.24, 2.45) is 17.8 Å². The Labute approximate surface area is 258 Å². The molecule has 1 saturated carbocycles. The van der Waals surface area contributed by atoms with Crippen LogP contribution in [0.5, 0.6) is 5.75 Å². The second-order valence-corrected chi connectivity index (χ2v) is 14.3. The molecule has 6 unspecified atom stereocenters. The van der Waals surface area contributed by atoms with Crippen LogP contribution in [-0.2, 0) is 22.1 Å². The van der Waals surface area contributed by atoms with Gasteiger partial charge in [-0.3, -0.25) is 9.52 Å². The second-order valence-electron chi connectivity index (χ2n) is 12.4. The molecule has 1 N–H and O–H groups in total. The van der Waals surface area contributed by atoms with Crippen molar-refractivity contribution in [3.05, 3.63) is 69.9 Å². The lowest BCUT2D eigenvalue weighted by Crippen LogP contribution is -2.41. The number of amides is 1. The number of fused-ring (bicyclic) bond motifs is 2. The normalized spacial score (nSPS) is 29.5. The van der Waals surface area contributed by atoms with Crippen molar-refractivity contribution in [1.82, 2.24) is 4.72 Å². The van der Waals surface area contributed by atoms with Gasteiger partial charge in [0.15, 0.2) is 0 Å². The lowest BCUT2D eigenvalue weighted by molar-refractivity contribution is 0.0982. The number of allylic oxidation sites excluding steroid dienone is 1. The number of ether oxygens (including phenoxy) is 2. The zero-order chi connectivity index (χ0) is 29.8. The summed E-state index contributed by atoms with van der Waals surface area (Å²) in [6.07, 6.45) is 9.24. The third-order valence-corrected chi connectivity index (χ3v) is 11.3. The van der Waals surface area contributed by atoms with Gasteiger partial charge < -0.3 is 14.4 Å². The van der Waals surface area contributed by atoms with Gasteiger partial charge in [0, 0.05) is 29.6 Å². The van der Waals surface area contributed by atoms with Crippen LogP contribution in [0.2, 0.25) is 5.02 Å². The van der Waals surface area contributed by atoms with Gasteiger partial charge >= 0.3 is 0 Å². The van der Waals surface area contributed by atoms with E-state index in [-0.39, 0.29) is 23.0 Å². The summed E-state index contributed by atoms with van der Waals surface area (Å²) in [5, 5.41) is 0.614. The van der Waals surface area contributed by atoms with Crippen LogP contribution in [0.3, 0.4) is 0 Å². The maximum absolute atomic E-state index is 13.3. The van der Waals surface area contributed by atoms with Crippen molar-refractivity contribution in [3.63, 3.8) is 0 Å². The first-order chi connectivity index (χ1) is 20.3. The van der Waals surface area contributed by atoms with E-state index >= 15 is 0 Å². The topological polar surface area (TPSA) is 67.9 Å². The minimum Gasteiger partial charge on any atom is -0.504 e. The van der Waals surface area contributed by atoms with Crippen LogP contribution in [-0.4, -0.2) is 42.2 Å². The fraction of sp³-hybridized carbons (Fsp3) is 0.559. The lowest BCUT2D eigenvalue weighted by atomic mass is 9.68. The minimum atomic E-state index is -1.48. The lowest BCUT2D eigenvalue weighted by Gasteiger charge is -2.42. The van der Waals surface area contributed by atoms with Crippen LogP contribution in [0.15, 0.2) is 48.2 Å². The molecular weight excluding hydrogens is 568 g/mol. The fourth-order valence-corrected chi connectivity index (χ4v) is 8.05. The first kappa shape index (κ1) is 30.9. The summed E-state index contributed by atoms with van der Waals surface area (Å²) in [6.45, 7) is 8.50. The smallest absolute Gasteiger partial charge is 0.263 e. The summed E-state index contributed by atoms with van der Waals surface area (Å²) in [5.41, 5.74) is 5.37. The molecule has 228 valence electrons. The van der Waals surface area contributed by atoms with Crippen LogP contribution in [0, 0.1) is 17.8 Å². The molecular formula is C34H45ClN2O4S. The van der Waals surface area contributed by atoms with E-state index < -0.39 is 11.0 Å². The molecule has 2 heterocycles. The van der Waals surface area contributed by atoms with Gasteiger partial charge in [0.1, 0.15) is 16.7 Å². The number of carbonyl (C=O) groups excluding carboxylic acids is 1. The highest BCUT2D eigenvalue weighted by Gasteiger charge is 2.37. The van der Waals surface area contributed by atoms with Gasteiger partial charge in [0.25, 0.3) is 5.91 Å². The summed E-state index contributed by atoms with van der Waals surface area (Å²) in [5.74, 6) is 1.82. The van der Waals surface area contributed by atoms with Crippen LogP contribution in [0.25, 0.3) is 0 Å². The predicted molar refractivity (Wildman–Crippen MR) is 172 cm³/mol. The predicted octanol–water partition coefficient (Wildman–Crippen LogP) is 7.43. The van der Waals surface area contributed by atoms with E-state index in [2.05, 4.69) is 35.6 Å². The van der Waals surface area contributed by atoms with Gasteiger partial charge in [-0.05, 0) is 110 Å². The number of carbonyl (C=O) groups is 1. The van der Waals surface area contributed by atoms with Crippen LogP contribution < -0.4 is 14.4 Å². The molecule has 42 heavy (non-hydrogen) atoms. The largest absolute Gasteiger partial charge is 0.504 e. The van der Waals surface area contributed by atoms with Gasteiger partial charge in [-0.2, -0.15) is 0 Å². The molecule has 0 saturated heterocycles. The number of aryl methyl sites for hydroxylation is 1. The molecule has 6 nitrogen and oxygen atoms in total. The fourth-order valence-electron chi connectivity index (χ4n) is 6.81. The summed E-state index contributed by atoms with van der Waals surface area (Å²) in [7, 11) is 0.263. The number of hydrogen-bond donors (Lipinski definition) is 1. The highest BCUT2D eigenvalue weighted by molar-refractivity contribution is 7.84. The molecule has 2 aromatic carbocycles. The minimum absolute atomic E-state index is 0.147. The van der Waals surface area contributed by atoms with Crippen LogP contribution >= 0.6 is 11.6 Å². The molecule has 8 heteroatoms. The summed E-state index contributed by atoms with van der Waals surface area (Å²) >= 11 is 6.42. The first-order valence-electron chi connectivity index (χ1n) is 15.5. The Bertz CT molecular complexity index is 1330. The number of benzene rings is 2. The highest BCUT2D eigenvalue weighted by atomic mass is 35.5. The average molecular weight is 613 g/mol. The van der Waals surface area contributed by atoms with Gasteiger partial charge in [-0.15, -0.1) is 0 Å². The number of nitrogens with one attached hydrogen (secondary N) is 1. The SMILES string of the molecule is CCCc1cc(Cl)ccc1C1COc2ccc3cc2N(C1)CC1CCC1/C(=C/OC)CCCC(C)C(C)S(=O)NC3=O. The van der Waals surface area contributed by atoms with Gasteiger partial charge in [-0.25, -0.2) is 4.21 Å². The third-order valence-electron chi connectivity index (χ3n) is 9.58. The molecule has 5 rings (SSSR count). The molecule has 2 bridgehead atoms. The Balaban J connectivity index is 1.53. The maximum atomic E-state index is 13.3. The standard InChI is InChI=1S/C34H45ClN2O4S/c1-5-7-24-16-29(35)12-14-30(24)28-19-37-18-26-10-13-31(26)27(20-40-4)9-6-8-22(2)23(3)42(39)36-34(38)25-11-15-33(41-21-28)32(37)17-25/h11-12,14-17,20,22-23,26,28,31H,5-10,13,18-19,21H2,1-4H3,(H,36,38)/b27-20+. The molecule has 0 spiro atoms. The van der Waals surface area contributed by atoms with Crippen molar-refractivity contribution >= 4 is 34.2 Å². The van der Waals surface area contributed by atoms with E-state index in [0.29, 0.717) is 24.0 Å². The van der Waals surface area contributed by atoms with Crippen molar-refractivity contribution in [2.75, 3.05) is 31.7 Å². The highest BCUT2D eigenvalue weighted by Crippen LogP contribution is 2.45. The van der Waals surface area contributed by atoms with E-state index in [0.717, 1.165) is 74.5 Å². The monoisotopic (exact) mass is 612 g/mol. The van der Waals surface area contributed by atoms with E-state index in [4.69, 9.17) is 21.1 Å². The van der Waals surface area contributed by atoms with Crippen molar-refractivity contribution < 1.29 is 18.5 Å².